The number of hydrogen-bond acceptors (Lipinski definition) is 3. The molecule has 0 aliphatic carbocycles. The third-order valence-electron chi connectivity index (χ3n) is 3.71. The fourth-order valence-corrected chi connectivity index (χ4v) is 2.78. The molecular weight excluding hydrogens is 371 g/mol. The van der Waals surface area contributed by atoms with Crippen LogP contribution in [0.1, 0.15) is 31.4 Å². The lowest BCUT2D eigenvalue weighted by atomic mass is 9.99. The van der Waals surface area contributed by atoms with Gasteiger partial charge in [0.15, 0.2) is 0 Å². The Morgan fingerprint density at radius 2 is 1.83 bits per heavy atom. The number of piperazine rings is 1. The van der Waals surface area contributed by atoms with E-state index >= 15 is 0 Å². The third kappa shape index (κ3) is 6.63. The Bertz CT molecular complexity index is 497. The van der Waals surface area contributed by atoms with Crippen molar-refractivity contribution in [3.63, 3.8) is 0 Å². The van der Waals surface area contributed by atoms with Gasteiger partial charge in [-0.3, -0.25) is 4.90 Å². The van der Waals surface area contributed by atoms with Crippen LogP contribution in [0.25, 0.3) is 0 Å². The van der Waals surface area contributed by atoms with E-state index in [1.165, 1.54) is 6.07 Å². The van der Waals surface area contributed by atoms with E-state index in [1.54, 1.807) is 0 Å². The first kappa shape index (κ1) is 23.2. The summed E-state index contributed by atoms with van der Waals surface area (Å²) in [5.74, 6) is -0.869. The normalized spacial score (nSPS) is 16.7. The van der Waals surface area contributed by atoms with Crippen LogP contribution in [0, 0.1) is 5.82 Å². The van der Waals surface area contributed by atoms with Gasteiger partial charge in [-0.25, -0.2) is 4.39 Å². The van der Waals surface area contributed by atoms with Crippen molar-refractivity contribution in [2.24, 2.45) is 0 Å². The zero-order chi connectivity index (χ0) is 16.2. The molecule has 2 rings (SSSR count). The third-order valence-corrected chi connectivity index (χ3v) is 3.71. The molecule has 0 amide bonds. The highest BCUT2D eigenvalue weighted by atomic mass is 35.5. The van der Waals surface area contributed by atoms with Gasteiger partial charge < -0.3 is 10.1 Å². The van der Waals surface area contributed by atoms with Crippen LogP contribution in [-0.4, -0.2) is 37.4 Å². The summed E-state index contributed by atoms with van der Waals surface area (Å²) in [6.07, 6.45) is -3.27. The maximum absolute atomic E-state index is 14.2. The minimum Gasteiger partial charge on any atom is -0.406 e. The molecule has 9 heteroatoms. The van der Waals surface area contributed by atoms with Crippen molar-refractivity contribution >= 4 is 24.8 Å². The molecule has 24 heavy (non-hydrogen) atoms. The number of benzene rings is 1. The van der Waals surface area contributed by atoms with Gasteiger partial charge in [0.1, 0.15) is 11.6 Å². The van der Waals surface area contributed by atoms with Crippen LogP contribution in [0.5, 0.6) is 5.75 Å². The number of nitrogens with one attached hydrogen (secondary N) is 1. The zero-order valence-corrected chi connectivity index (χ0v) is 14.9. The molecule has 1 aromatic carbocycles. The predicted molar refractivity (Wildman–Crippen MR) is 89.7 cm³/mol. The minimum absolute atomic E-state index is 0. The molecule has 1 fully saturated rings. The van der Waals surface area contributed by atoms with Crippen molar-refractivity contribution < 1.29 is 22.3 Å². The Kier molecular flexibility index (Phi) is 9.96. The lowest BCUT2D eigenvalue weighted by Gasteiger charge is -2.35. The molecule has 1 atom stereocenters. The number of rotatable bonds is 5. The topological polar surface area (TPSA) is 24.5 Å². The fourth-order valence-electron chi connectivity index (χ4n) is 2.78. The SMILES string of the molecule is CCC[C@H](c1cc(OC(F)(F)F)ccc1F)N1CCNCC1.Cl.Cl. The van der Waals surface area contributed by atoms with E-state index < -0.39 is 12.2 Å². The number of hydrogen-bond donors (Lipinski definition) is 1. The number of ether oxygens (including phenoxy) is 1. The van der Waals surface area contributed by atoms with Gasteiger partial charge in [0.25, 0.3) is 0 Å². The summed E-state index contributed by atoms with van der Waals surface area (Å²) in [5.41, 5.74) is 0.269. The maximum atomic E-state index is 14.2. The van der Waals surface area contributed by atoms with Crippen LogP contribution in [0.3, 0.4) is 0 Å². The number of nitrogens with zero attached hydrogens (tertiary/aromatic N) is 1. The van der Waals surface area contributed by atoms with Gasteiger partial charge in [0, 0.05) is 37.8 Å². The van der Waals surface area contributed by atoms with Crippen LogP contribution in [0.4, 0.5) is 17.6 Å². The van der Waals surface area contributed by atoms with E-state index in [-0.39, 0.29) is 42.2 Å². The molecule has 0 radical (unpaired) electrons. The summed E-state index contributed by atoms with van der Waals surface area (Å²) < 4.78 is 55.1. The molecule has 3 nitrogen and oxygen atoms in total. The molecule has 1 aliphatic rings. The monoisotopic (exact) mass is 392 g/mol. The van der Waals surface area contributed by atoms with E-state index in [9.17, 15) is 17.6 Å². The number of halogens is 6. The van der Waals surface area contributed by atoms with E-state index in [2.05, 4.69) is 15.0 Å². The molecule has 1 aromatic rings. The summed E-state index contributed by atoms with van der Waals surface area (Å²) in [7, 11) is 0. The molecular formula is C15H22Cl2F4N2O. The summed E-state index contributed by atoms with van der Waals surface area (Å²) in [6, 6.07) is 2.99. The smallest absolute Gasteiger partial charge is 0.406 e. The molecule has 0 spiro atoms. The Labute approximate surface area is 151 Å². The summed E-state index contributed by atoms with van der Waals surface area (Å²) in [6.45, 7) is 5.05. The maximum Gasteiger partial charge on any atom is 0.573 e. The summed E-state index contributed by atoms with van der Waals surface area (Å²) >= 11 is 0. The van der Waals surface area contributed by atoms with Gasteiger partial charge in [-0.15, -0.1) is 38.0 Å². The molecule has 1 aliphatic heterocycles. The Balaban J connectivity index is 0.00000264. The van der Waals surface area contributed by atoms with E-state index in [0.29, 0.717) is 6.42 Å². The van der Waals surface area contributed by atoms with E-state index in [1.807, 2.05) is 6.92 Å². The van der Waals surface area contributed by atoms with Gasteiger partial charge in [0.05, 0.1) is 0 Å². The van der Waals surface area contributed by atoms with E-state index in [4.69, 9.17) is 0 Å². The molecule has 140 valence electrons. The van der Waals surface area contributed by atoms with Crippen LogP contribution in [0.2, 0.25) is 0 Å². The minimum atomic E-state index is -4.77. The van der Waals surface area contributed by atoms with Crippen molar-refractivity contribution in [3.05, 3.63) is 29.6 Å². The average molecular weight is 393 g/mol. The van der Waals surface area contributed by atoms with Gasteiger partial charge >= 0.3 is 6.36 Å². The standard InChI is InChI=1S/C15H20F4N2O.2ClH/c1-2-3-14(21-8-6-20-7-9-21)12-10-11(4-5-13(12)16)22-15(17,18)19;;/h4-5,10,14,20H,2-3,6-9H2,1H3;2*1H/t14-;;/m1../s1. The fraction of sp³-hybridized carbons (Fsp3) is 0.600. The van der Waals surface area contributed by atoms with Crippen molar-refractivity contribution in [1.29, 1.82) is 0 Å². The number of alkyl halides is 3. The second-order valence-electron chi connectivity index (χ2n) is 5.32. The first-order chi connectivity index (χ1) is 10.4. The Hall–Kier alpha value is -0.760. The van der Waals surface area contributed by atoms with Crippen molar-refractivity contribution in [1.82, 2.24) is 10.2 Å². The average Bonchev–Trinajstić information content (AvgIpc) is 2.46. The molecule has 1 heterocycles. The van der Waals surface area contributed by atoms with Crippen LogP contribution in [-0.2, 0) is 0 Å². The van der Waals surface area contributed by atoms with E-state index in [0.717, 1.165) is 44.7 Å². The zero-order valence-electron chi connectivity index (χ0n) is 13.2. The van der Waals surface area contributed by atoms with Gasteiger partial charge in [0.2, 0.25) is 0 Å². The highest BCUT2D eigenvalue weighted by molar-refractivity contribution is 5.85. The first-order valence-corrected chi connectivity index (χ1v) is 7.40. The van der Waals surface area contributed by atoms with Crippen molar-refractivity contribution in [2.45, 2.75) is 32.2 Å². The van der Waals surface area contributed by atoms with Crippen LogP contribution >= 0.6 is 24.8 Å². The summed E-state index contributed by atoms with van der Waals surface area (Å²) in [5, 5.41) is 3.21. The second-order valence-corrected chi connectivity index (χ2v) is 5.32. The molecule has 0 aromatic heterocycles. The lowest BCUT2D eigenvalue weighted by molar-refractivity contribution is -0.274. The quantitative estimate of drug-likeness (QED) is 0.755. The van der Waals surface area contributed by atoms with Crippen LogP contribution in [0.15, 0.2) is 18.2 Å². The first-order valence-electron chi connectivity index (χ1n) is 7.40. The summed E-state index contributed by atoms with van der Waals surface area (Å²) in [4.78, 5) is 2.11. The molecule has 1 N–H and O–H groups in total. The Morgan fingerprint density at radius 3 is 2.38 bits per heavy atom. The van der Waals surface area contributed by atoms with Crippen molar-refractivity contribution in [3.8, 4) is 5.75 Å². The molecule has 0 unspecified atom stereocenters. The highest BCUT2D eigenvalue weighted by Crippen LogP contribution is 2.32. The lowest BCUT2D eigenvalue weighted by Crippen LogP contribution is -2.45. The van der Waals surface area contributed by atoms with Gasteiger partial charge in [-0.2, -0.15) is 0 Å². The molecule has 0 bridgehead atoms. The second kappa shape index (κ2) is 10.3. The van der Waals surface area contributed by atoms with Gasteiger partial charge in [-0.1, -0.05) is 13.3 Å². The molecule has 0 saturated carbocycles. The highest BCUT2D eigenvalue weighted by Gasteiger charge is 2.32. The largest absolute Gasteiger partial charge is 0.573 e. The van der Waals surface area contributed by atoms with Crippen molar-refractivity contribution in [2.75, 3.05) is 26.2 Å². The van der Waals surface area contributed by atoms with Crippen LogP contribution < -0.4 is 10.1 Å². The molecule has 1 saturated heterocycles. The van der Waals surface area contributed by atoms with Gasteiger partial charge in [-0.05, 0) is 24.6 Å². The Morgan fingerprint density at radius 1 is 1.21 bits per heavy atom. The predicted octanol–water partition coefficient (Wildman–Crippen LogP) is 4.31.